The molecule has 20 heavy (non-hydrogen) atoms. The summed E-state index contributed by atoms with van der Waals surface area (Å²) in [4.78, 5) is 12.2. The van der Waals surface area contributed by atoms with Crippen LogP contribution in [0.1, 0.15) is 28.7 Å². The molecular formula is C15H17ClN2O2. The molecule has 0 unspecified atom stereocenters. The van der Waals surface area contributed by atoms with Gasteiger partial charge in [-0.3, -0.25) is 9.48 Å². The number of hydrogen-bond donors (Lipinski definition) is 0. The van der Waals surface area contributed by atoms with Crippen molar-refractivity contribution in [1.29, 1.82) is 0 Å². The third-order valence-corrected chi connectivity index (χ3v) is 3.62. The van der Waals surface area contributed by atoms with Crippen LogP contribution in [0.3, 0.4) is 0 Å². The maximum atomic E-state index is 12.2. The Hall–Kier alpha value is -1.81. The largest absolute Gasteiger partial charge is 0.494 e. The molecule has 5 heteroatoms. The number of carbonyl (C=O) groups excluding carboxylic acids is 1. The van der Waals surface area contributed by atoms with Gasteiger partial charge < -0.3 is 4.74 Å². The van der Waals surface area contributed by atoms with Crippen LogP contribution in [0.2, 0.25) is 5.02 Å². The maximum absolute atomic E-state index is 12.2. The van der Waals surface area contributed by atoms with E-state index in [0.29, 0.717) is 17.2 Å². The lowest BCUT2D eigenvalue weighted by molar-refractivity contribution is 0.0966. The van der Waals surface area contributed by atoms with Gasteiger partial charge in [0.2, 0.25) is 0 Å². The van der Waals surface area contributed by atoms with Gasteiger partial charge in [0.05, 0.1) is 23.0 Å². The van der Waals surface area contributed by atoms with Crippen LogP contribution in [0.15, 0.2) is 24.3 Å². The lowest BCUT2D eigenvalue weighted by Gasteiger charge is -2.06. The van der Waals surface area contributed by atoms with E-state index < -0.39 is 0 Å². The second kappa shape index (κ2) is 6.09. The van der Waals surface area contributed by atoms with Crippen LogP contribution < -0.4 is 4.74 Å². The predicted molar refractivity (Wildman–Crippen MR) is 78.7 cm³/mol. The first-order chi connectivity index (χ1) is 9.52. The minimum absolute atomic E-state index is 0.00434. The SMILES string of the molecule is CCOc1ccc(C(=O)Cn2nc(C)c(Cl)c2C)cc1. The highest BCUT2D eigenvalue weighted by atomic mass is 35.5. The average molecular weight is 293 g/mol. The van der Waals surface area contributed by atoms with Crippen LogP contribution >= 0.6 is 11.6 Å². The Balaban J connectivity index is 2.13. The van der Waals surface area contributed by atoms with Gasteiger partial charge in [-0.15, -0.1) is 0 Å². The minimum atomic E-state index is -0.00434. The second-order valence-electron chi connectivity index (χ2n) is 4.52. The van der Waals surface area contributed by atoms with E-state index in [2.05, 4.69) is 5.10 Å². The lowest BCUT2D eigenvalue weighted by atomic mass is 10.1. The van der Waals surface area contributed by atoms with Crippen molar-refractivity contribution in [1.82, 2.24) is 9.78 Å². The summed E-state index contributed by atoms with van der Waals surface area (Å²) in [6.45, 7) is 6.40. The number of hydrogen-bond acceptors (Lipinski definition) is 3. The zero-order valence-electron chi connectivity index (χ0n) is 11.8. The molecule has 106 valence electrons. The molecule has 4 nitrogen and oxygen atoms in total. The Morgan fingerprint density at radius 3 is 2.45 bits per heavy atom. The van der Waals surface area contributed by atoms with E-state index in [1.165, 1.54) is 0 Å². The predicted octanol–water partition coefficient (Wildman–Crippen LogP) is 3.43. The molecule has 1 heterocycles. The number of rotatable bonds is 5. The molecule has 0 radical (unpaired) electrons. The highest BCUT2D eigenvalue weighted by Gasteiger charge is 2.13. The van der Waals surface area contributed by atoms with Gasteiger partial charge in [0.1, 0.15) is 12.3 Å². The van der Waals surface area contributed by atoms with E-state index >= 15 is 0 Å². The average Bonchev–Trinajstić information content (AvgIpc) is 2.67. The number of carbonyl (C=O) groups is 1. The standard InChI is InChI=1S/C15H17ClN2O2/c1-4-20-13-7-5-12(6-8-13)14(19)9-18-11(3)15(16)10(2)17-18/h5-8H,4,9H2,1-3H3. The fourth-order valence-electron chi connectivity index (χ4n) is 1.96. The molecule has 0 aliphatic heterocycles. The van der Waals surface area contributed by atoms with Crippen molar-refractivity contribution in [3.8, 4) is 5.75 Å². The van der Waals surface area contributed by atoms with Gasteiger partial charge >= 0.3 is 0 Å². The summed E-state index contributed by atoms with van der Waals surface area (Å²) in [5.74, 6) is 0.758. The van der Waals surface area contributed by atoms with E-state index in [1.807, 2.05) is 20.8 Å². The van der Waals surface area contributed by atoms with Gasteiger partial charge in [-0.05, 0) is 45.0 Å². The summed E-state index contributed by atoms with van der Waals surface area (Å²) in [7, 11) is 0. The normalized spacial score (nSPS) is 10.6. The van der Waals surface area contributed by atoms with Crippen molar-refractivity contribution < 1.29 is 9.53 Å². The minimum Gasteiger partial charge on any atom is -0.494 e. The molecule has 0 N–H and O–H groups in total. The molecule has 1 aromatic heterocycles. The number of aromatic nitrogens is 2. The number of nitrogens with zero attached hydrogens (tertiary/aromatic N) is 2. The molecule has 0 spiro atoms. The molecule has 2 aromatic rings. The number of ketones is 1. The molecule has 0 atom stereocenters. The Morgan fingerprint density at radius 2 is 1.95 bits per heavy atom. The van der Waals surface area contributed by atoms with Crippen LogP contribution in [-0.4, -0.2) is 22.2 Å². The molecule has 0 bridgehead atoms. The second-order valence-corrected chi connectivity index (χ2v) is 4.90. The number of Topliss-reactive ketones (excluding diaryl/α,β-unsaturated/α-hetero) is 1. The zero-order chi connectivity index (χ0) is 14.7. The van der Waals surface area contributed by atoms with Gasteiger partial charge in [0, 0.05) is 5.56 Å². The van der Waals surface area contributed by atoms with E-state index in [1.54, 1.807) is 28.9 Å². The molecule has 0 fully saturated rings. The number of aryl methyl sites for hydroxylation is 1. The van der Waals surface area contributed by atoms with Crippen molar-refractivity contribution in [2.75, 3.05) is 6.61 Å². The summed E-state index contributed by atoms with van der Waals surface area (Å²) in [6, 6.07) is 7.12. The fraction of sp³-hybridized carbons (Fsp3) is 0.333. The quantitative estimate of drug-likeness (QED) is 0.793. The number of benzene rings is 1. The summed E-state index contributed by atoms with van der Waals surface area (Å²) >= 11 is 6.07. The summed E-state index contributed by atoms with van der Waals surface area (Å²) in [5, 5.41) is 4.88. The number of ether oxygens (including phenoxy) is 1. The van der Waals surface area contributed by atoms with Crippen molar-refractivity contribution in [2.45, 2.75) is 27.3 Å². The van der Waals surface area contributed by atoms with Crippen molar-refractivity contribution >= 4 is 17.4 Å². The van der Waals surface area contributed by atoms with Crippen LogP contribution in [0, 0.1) is 13.8 Å². The monoisotopic (exact) mass is 292 g/mol. The topological polar surface area (TPSA) is 44.1 Å². The van der Waals surface area contributed by atoms with Crippen molar-refractivity contribution in [3.63, 3.8) is 0 Å². The lowest BCUT2D eigenvalue weighted by Crippen LogP contribution is -2.13. The van der Waals surface area contributed by atoms with Crippen molar-refractivity contribution in [2.24, 2.45) is 0 Å². The van der Waals surface area contributed by atoms with Gasteiger partial charge in [-0.1, -0.05) is 11.6 Å². The van der Waals surface area contributed by atoms with E-state index in [-0.39, 0.29) is 12.3 Å². The first-order valence-electron chi connectivity index (χ1n) is 6.48. The first-order valence-corrected chi connectivity index (χ1v) is 6.86. The van der Waals surface area contributed by atoms with Gasteiger partial charge in [-0.2, -0.15) is 5.10 Å². The Morgan fingerprint density at radius 1 is 1.30 bits per heavy atom. The molecular weight excluding hydrogens is 276 g/mol. The molecule has 0 saturated carbocycles. The highest BCUT2D eigenvalue weighted by Crippen LogP contribution is 2.19. The molecule has 2 rings (SSSR count). The molecule has 0 saturated heterocycles. The highest BCUT2D eigenvalue weighted by molar-refractivity contribution is 6.31. The third kappa shape index (κ3) is 3.02. The summed E-state index contributed by atoms with van der Waals surface area (Å²) < 4.78 is 6.99. The molecule has 1 aromatic carbocycles. The number of halogens is 1. The first kappa shape index (κ1) is 14.6. The van der Waals surface area contributed by atoms with Crippen LogP contribution in [0.25, 0.3) is 0 Å². The van der Waals surface area contributed by atoms with Gasteiger partial charge in [0.15, 0.2) is 5.78 Å². The summed E-state index contributed by atoms with van der Waals surface area (Å²) in [5.41, 5.74) is 2.18. The van der Waals surface area contributed by atoms with Crippen molar-refractivity contribution in [3.05, 3.63) is 46.2 Å². The molecule has 0 aliphatic rings. The zero-order valence-corrected chi connectivity index (χ0v) is 12.6. The van der Waals surface area contributed by atoms with Crippen LogP contribution in [0.4, 0.5) is 0 Å². The van der Waals surface area contributed by atoms with Gasteiger partial charge in [0.25, 0.3) is 0 Å². The van der Waals surface area contributed by atoms with Crippen LogP contribution in [-0.2, 0) is 6.54 Å². The van der Waals surface area contributed by atoms with E-state index in [4.69, 9.17) is 16.3 Å². The summed E-state index contributed by atoms with van der Waals surface area (Å²) in [6.07, 6.45) is 0. The van der Waals surface area contributed by atoms with E-state index in [9.17, 15) is 4.79 Å². The maximum Gasteiger partial charge on any atom is 0.184 e. The fourth-order valence-corrected chi connectivity index (χ4v) is 2.10. The van der Waals surface area contributed by atoms with Gasteiger partial charge in [-0.25, -0.2) is 0 Å². The third-order valence-electron chi connectivity index (χ3n) is 3.07. The van der Waals surface area contributed by atoms with E-state index in [0.717, 1.165) is 17.1 Å². The Labute approximate surface area is 123 Å². The smallest absolute Gasteiger partial charge is 0.184 e. The molecule has 0 amide bonds. The Bertz CT molecular complexity index is 618. The molecule has 0 aliphatic carbocycles. The Kier molecular flexibility index (Phi) is 4.45. The van der Waals surface area contributed by atoms with Crippen LogP contribution in [0.5, 0.6) is 5.75 Å².